The molecule has 0 fully saturated rings. The Morgan fingerprint density at radius 1 is 0.854 bits per heavy atom. The number of hydrogen-bond acceptors (Lipinski definition) is 4. The Morgan fingerprint density at radius 2 is 1.44 bits per heavy atom. The van der Waals surface area contributed by atoms with Gasteiger partial charge in [-0.05, 0) is 63.1 Å². The molecule has 41 heavy (non-hydrogen) atoms. The lowest BCUT2D eigenvalue weighted by Gasteiger charge is -2.34. The second kappa shape index (κ2) is 14.4. The zero-order valence-electron chi connectivity index (χ0n) is 23.4. The van der Waals surface area contributed by atoms with E-state index in [0.29, 0.717) is 22.0 Å². The van der Waals surface area contributed by atoms with Crippen LogP contribution in [0, 0.1) is 6.92 Å². The molecule has 0 radical (unpaired) electrons. The van der Waals surface area contributed by atoms with Crippen LogP contribution in [0.3, 0.4) is 0 Å². The second-order valence-electron chi connectivity index (χ2n) is 9.74. The number of benzene rings is 3. The van der Waals surface area contributed by atoms with Gasteiger partial charge in [0, 0.05) is 28.2 Å². The normalized spacial score (nSPS) is 12.9. The number of hydrogen-bond donors (Lipinski definition) is 1. The average Bonchev–Trinajstić information content (AvgIpc) is 2.93. The lowest BCUT2D eigenvalue weighted by atomic mass is 10.1. The van der Waals surface area contributed by atoms with Crippen LogP contribution in [0.2, 0.25) is 15.1 Å². The molecule has 1 N–H and O–H groups in total. The summed E-state index contributed by atoms with van der Waals surface area (Å²) in [6.07, 6.45) is 0.967. The van der Waals surface area contributed by atoms with E-state index in [4.69, 9.17) is 34.8 Å². The van der Waals surface area contributed by atoms with Crippen LogP contribution >= 0.6 is 34.8 Å². The maximum atomic E-state index is 14.2. The molecule has 3 rings (SSSR count). The number of nitrogens with zero attached hydrogens (tertiary/aromatic N) is 2. The minimum absolute atomic E-state index is 0.00178. The maximum Gasteiger partial charge on any atom is 0.264 e. The molecule has 220 valence electrons. The van der Waals surface area contributed by atoms with Crippen molar-refractivity contribution in [1.82, 2.24) is 10.2 Å². The van der Waals surface area contributed by atoms with Crippen LogP contribution in [0.1, 0.15) is 44.7 Å². The van der Waals surface area contributed by atoms with E-state index in [1.165, 1.54) is 23.1 Å². The van der Waals surface area contributed by atoms with Gasteiger partial charge in [-0.3, -0.25) is 13.9 Å². The van der Waals surface area contributed by atoms with Crippen molar-refractivity contribution < 1.29 is 18.0 Å². The number of carbonyl (C=O) groups is 2. The first-order valence-electron chi connectivity index (χ1n) is 13.3. The molecule has 0 saturated heterocycles. The fraction of sp³-hybridized carbons (Fsp3) is 0.333. The van der Waals surface area contributed by atoms with Crippen LogP contribution < -0.4 is 9.62 Å². The zero-order valence-corrected chi connectivity index (χ0v) is 26.5. The van der Waals surface area contributed by atoms with Crippen molar-refractivity contribution >= 4 is 62.3 Å². The SMILES string of the molecule is CC[C@@H](C)NC(=O)[C@H](CC)N(Cc1c(Cl)cccc1Cl)C(=O)CN(c1ccccc1Cl)S(=O)(=O)c1ccc(C)cc1. The highest BCUT2D eigenvalue weighted by Crippen LogP contribution is 2.32. The molecule has 0 aliphatic carbocycles. The van der Waals surface area contributed by atoms with Gasteiger partial charge in [-0.15, -0.1) is 0 Å². The fourth-order valence-corrected chi connectivity index (χ4v) is 6.46. The van der Waals surface area contributed by atoms with Gasteiger partial charge in [-0.25, -0.2) is 8.42 Å². The summed E-state index contributed by atoms with van der Waals surface area (Å²) in [7, 11) is -4.24. The maximum absolute atomic E-state index is 14.2. The molecule has 3 aromatic carbocycles. The van der Waals surface area contributed by atoms with E-state index in [1.807, 2.05) is 20.8 Å². The van der Waals surface area contributed by atoms with Crippen LogP contribution in [0.5, 0.6) is 0 Å². The van der Waals surface area contributed by atoms with Crippen LogP contribution in [-0.4, -0.2) is 43.8 Å². The van der Waals surface area contributed by atoms with Gasteiger partial charge in [0.05, 0.1) is 15.6 Å². The highest BCUT2D eigenvalue weighted by atomic mass is 35.5. The Labute approximate surface area is 257 Å². The van der Waals surface area contributed by atoms with Crippen molar-refractivity contribution in [3.8, 4) is 0 Å². The van der Waals surface area contributed by atoms with Gasteiger partial charge in [0.15, 0.2) is 0 Å². The van der Waals surface area contributed by atoms with E-state index in [1.54, 1.807) is 55.5 Å². The van der Waals surface area contributed by atoms with E-state index in [9.17, 15) is 18.0 Å². The molecule has 0 saturated carbocycles. The first-order valence-corrected chi connectivity index (χ1v) is 15.8. The van der Waals surface area contributed by atoms with E-state index in [0.717, 1.165) is 9.87 Å². The van der Waals surface area contributed by atoms with Gasteiger partial charge in [0.25, 0.3) is 10.0 Å². The minimum Gasteiger partial charge on any atom is -0.352 e. The summed E-state index contributed by atoms with van der Waals surface area (Å²) in [5.74, 6) is -0.980. The molecule has 11 heteroatoms. The molecule has 2 atom stereocenters. The van der Waals surface area contributed by atoms with Gasteiger partial charge in [-0.1, -0.05) is 84.5 Å². The summed E-state index contributed by atoms with van der Waals surface area (Å²) < 4.78 is 28.9. The molecule has 2 amide bonds. The summed E-state index contributed by atoms with van der Waals surface area (Å²) >= 11 is 19.4. The third kappa shape index (κ3) is 7.95. The first kappa shape index (κ1) is 32.7. The number of amides is 2. The molecule has 0 bridgehead atoms. The Balaban J connectivity index is 2.11. The summed E-state index contributed by atoms with van der Waals surface area (Å²) in [5.41, 5.74) is 1.46. The van der Waals surface area contributed by atoms with Crippen molar-refractivity contribution in [3.63, 3.8) is 0 Å². The molecule has 0 aliphatic rings. The Bertz CT molecular complexity index is 1460. The summed E-state index contributed by atoms with van der Waals surface area (Å²) in [5, 5.41) is 3.73. The number of anilines is 1. The number of nitrogens with one attached hydrogen (secondary N) is 1. The smallest absolute Gasteiger partial charge is 0.264 e. The Kier molecular flexibility index (Phi) is 11.5. The average molecular weight is 639 g/mol. The standard InChI is InChI=1S/C30H34Cl3N3O4S/c1-5-21(4)34-30(38)27(6-2)35(18-23-24(31)11-9-12-25(23)32)29(37)19-36(28-13-8-7-10-26(28)33)41(39,40)22-16-14-20(3)15-17-22/h7-17,21,27H,5-6,18-19H2,1-4H3,(H,34,38)/t21-,27+/m1/s1. The Hall–Kier alpha value is -2.78. The van der Waals surface area contributed by atoms with E-state index < -0.39 is 28.5 Å². The van der Waals surface area contributed by atoms with Gasteiger partial charge in [0.1, 0.15) is 12.6 Å². The quantitative estimate of drug-likeness (QED) is 0.235. The first-order chi connectivity index (χ1) is 19.4. The molecule has 0 heterocycles. The topological polar surface area (TPSA) is 86.8 Å². The number of halogens is 3. The lowest BCUT2D eigenvalue weighted by molar-refractivity contribution is -0.140. The number of aryl methyl sites for hydroxylation is 1. The molecule has 0 aliphatic heterocycles. The summed E-state index contributed by atoms with van der Waals surface area (Å²) in [6, 6.07) is 16.6. The number of sulfonamides is 1. The lowest BCUT2D eigenvalue weighted by Crippen LogP contribution is -2.53. The number of carbonyl (C=O) groups excluding carboxylic acids is 2. The monoisotopic (exact) mass is 637 g/mol. The van der Waals surface area contributed by atoms with Crippen molar-refractivity contribution in [2.45, 2.75) is 64.1 Å². The summed E-state index contributed by atoms with van der Waals surface area (Å²) in [6.45, 7) is 6.72. The van der Waals surface area contributed by atoms with Gasteiger partial charge in [0.2, 0.25) is 11.8 Å². The largest absolute Gasteiger partial charge is 0.352 e. The molecule has 3 aromatic rings. The van der Waals surface area contributed by atoms with Gasteiger partial charge >= 0.3 is 0 Å². The molecule has 0 spiro atoms. The van der Waals surface area contributed by atoms with Gasteiger partial charge < -0.3 is 10.2 Å². The van der Waals surface area contributed by atoms with Crippen molar-refractivity contribution in [2.24, 2.45) is 0 Å². The number of rotatable bonds is 12. The van der Waals surface area contributed by atoms with E-state index in [-0.39, 0.29) is 40.5 Å². The van der Waals surface area contributed by atoms with Crippen LogP contribution in [0.4, 0.5) is 5.69 Å². The molecule has 0 unspecified atom stereocenters. The molecular weight excluding hydrogens is 605 g/mol. The molecule has 7 nitrogen and oxygen atoms in total. The highest BCUT2D eigenvalue weighted by Gasteiger charge is 2.35. The van der Waals surface area contributed by atoms with Crippen molar-refractivity contribution in [3.05, 3.63) is 92.9 Å². The van der Waals surface area contributed by atoms with Gasteiger partial charge in [-0.2, -0.15) is 0 Å². The second-order valence-corrected chi connectivity index (χ2v) is 12.8. The third-order valence-corrected chi connectivity index (χ3v) is 9.59. The van der Waals surface area contributed by atoms with Crippen LogP contribution in [0.25, 0.3) is 0 Å². The molecule has 0 aromatic heterocycles. The number of para-hydroxylation sites is 1. The van der Waals surface area contributed by atoms with Crippen molar-refractivity contribution in [2.75, 3.05) is 10.8 Å². The van der Waals surface area contributed by atoms with Crippen LogP contribution in [-0.2, 0) is 26.2 Å². The minimum atomic E-state index is -4.24. The third-order valence-electron chi connectivity index (χ3n) is 6.79. The fourth-order valence-electron chi connectivity index (χ4n) is 4.22. The predicted molar refractivity (Wildman–Crippen MR) is 166 cm³/mol. The zero-order chi connectivity index (χ0) is 30.3. The highest BCUT2D eigenvalue weighted by molar-refractivity contribution is 7.92. The van der Waals surface area contributed by atoms with Crippen molar-refractivity contribution in [1.29, 1.82) is 0 Å². The van der Waals surface area contributed by atoms with E-state index >= 15 is 0 Å². The van der Waals surface area contributed by atoms with Crippen LogP contribution in [0.15, 0.2) is 71.6 Å². The Morgan fingerprint density at radius 3 is 2.00 bits per heavy atom. The van der Waals surface area contributed by atoms with E-state index in [2.05, 4.69) is 5.32 Å². The molecular formula is C30H34Cl3N3O4S. The predicted octanol–water partition coefficient (Wildman–Crippen LogP) is 6.87. The summed E-state index contributed by atoms with van der Waals surface area (Å²) in [4.78, 5) is 28.9.